The van der Waals surface area contributed by atoms with Crippen molar-refractivity contribution >= 4 is 12.1 Å². The van der Waals surface area contributed by atoms with E-state index in [0.29, 0.717) is 17.1 Å². The maximum atomic E-state index is 10.8. The predicted molar refractivity (Wildman–Crippen MR) is 53.4 cm³/mol. The molecule has 0 aliphatic heterocycles. The van der Waals surface area contributed by atoms with Gasteiger partial charge in [-0.15, -0.1) is 0 Å². The first-order chi connectivity index (χ1) is 6.83. The topological polar surface area (TPSA) is 60.9 Å². The smallest absolute Gasteiger partial charge is 0.152 e. The van der Waals surface area contributed by atoms with Crippen molar-refractivity contribution in [3.05, 3.63) is 42.1 Å². The number of aldehydes is 1. The lowest BCUT2D eigenvalue weighted by Crippen LogP contribution is -2.04. The van der Waals surface area contributed by atoms with Crippen LogP contribution in [-0.4, -0.2) is 16.1 Å². The van der Waals surface area contributed by atoms with Gasteiger partial charge in [0, 0.05) is 11.6 Å². The molecule has 4 heteroatoms. The van der Waals surface area contributed by atoms with Crippen LogP contribution in [0.15, 0.2) is 36.5 Å². The monoisotopic (exact) mass is 187 g/mol. The highest BCUT2D eigenvalue weighted by Gasteiger charge is 2.05. The van der Waals surface area contributed by atoms with Gasteiger partial charge in [-0.2, -0.15) is 5.10 Å². The first kappa shape index (κ1) is 8.50. The van der Waals surface area contributed by atoms with Crippen molar-refractivity contribution < 1.29 is 4.79 Å². The highest BCUT2D eigenvalue weighted by Crippen LogP contribution is 2.14. The molecule has 0 atom stereocenters. The minimum absolute atomic E-state index is 0.513. The summed E-state index contributed by atoms with van der Waals surface area (Å²) in [4.78, 5) is 10.8. The van der Waals surface area contributed by atoms with Crippen LogP contribution in [0.3, 0.4) is 0 Å². The molecule has 1 heterocycles. The van der Waals surface area contributed by atoms with E-state index in [4.69, 9.17) is 5.73 Å². The van der Waals surface area contributed by atoms with Crippen LogP contribution in [0.4, 0.5) is 5.82 Å². The molecule has 0 unspecified atom stereocenters. The molecule has 0 aliphatic rings. The van der Waals surface area contributed by atoms with Gasteiger partial charge >= 0.3 is 0 Å². The molecule has 70 valence electrons. The van der Waals surface area contributed by atoms with E-state index in [-0.39, 0.29) is 0 Å². The van der Waals surface area contributed by atoms with E-state index in [1.165, 1.54) is 4.68 Å². The minimum atomic E-state index is 0.513. The molecule has 4 nitrogen and oxygen atoms in total. The van der Waals surface area contributed by atoms with E-state index >= 15 is 0 Å². The molecule has 0 fully saturated rings. The largest absolute Gasteiger partial charge is 0.384 e. The molecule has 0 saturated carbocycles. The number of nitrogens with two attached hydrogens (primary N) is 1. The standard InChI is InChI=1S/C10H9N3O/c11-10-5-6-12-13(10)9-4-2-1-3-8(9)7-14/h1-7H,11H2. The van der Waals surface area contributed by atoms with Crippen LogP contribution in [0.5, 0.6) is 0 Å². The van der Waals surface area contributed by atoms with Gasteiger partial charge in [-0.1, -0.05) is 12.1 Å². The molecule has 0 radical (unpaired) electrons. The van der Waals surface area contributed by atoms with E-state index in [0.717, 1.165) is 6.29 Å². The number of hydrogen-bond acceptors (Lipinski definition) is 3. The second kappa shape index (κ2) is 3.33. The SMILES string of the molecule is Nc1ccnn1-c1ccccc1C=O. The number of aromatic nitrogens is 2. The average Bonchev–Trinajstić information content (AvgIpc) is 2.64. The van der Waals surface area contributed by atoms with Gasteiger partial charge in [0.05, 0.1) is 11.9 Å². The molecule has 0 spiro atoms. The summed E-state index contributed by atoms with van der Waals surface area (Å²) in [5.41, 5.74) is 6.95. The molecule has 1 aromatic carbocycles. The molecule has 2 N–H and O–H groups in total. The zero-order chi connectivity index (χ0) is 9.97. The Kier molecular flexibility index (Phi) is 2.02. The van der Waals surface area contributed by atoms with E-state index in [9.17, 15) is 4.79 Å². The third-order valence-electron chi connectivity index (χ3n) is 1.96. The van der Waals surface area contributed by atoms with Crippen LogP contribution >= 0.6 is 0 Å². The molecular formula is C10H9N3O. The number of anilines is 1. The van der Waals surface area contributed by atoms with Crippen LogP contribution in [0.2, 0.25) is 0 Å². The lowest BCUT2D eigenvalue weighted by Gasteiger charge is -2.05. The van der Waals surface area contributed by atoms with Crippen LogP contribution in [0, 0.1) is 0 Å². The Bertz CT molecular complexity index is 462. The fourth-order valence-corrected chi connectivity index (χ4v) is 1.29. The predicted octanol–water partition coefficient (Wildman–Crippen LogP) is 1.27. The molecule has 2 rings (SSSR count). The summed E-state index contributed by atoms with van der Waals surface area (Å²) in [5, 5.41) is 4.03. The second-order valence-corrected chi connectivity index (χ2v) is 2.84. The summed E-state index contributed by atoms with van der Waals surface area (Å²) < 4.78 is 1.53. The fourth-order valence-electron chi connectivity index (χ4n) is 1.29. The first-order valence-corrected chi connectivity index (χ1v) is 4.17. The van der Waals surface area contributed by atoms with Crippen molar-refractivity contribution in [1.82, 2.24) is 9.78 Å². The number of rotatable bonds is 2. The number of hydrogen-bond donors (Lipinski definition) is 1. The van der Waals surface area contributed by atoms with Crippen molar-refractivity contribution in [2.24, 2.45) is 0 Å². The van der Waals surface area contributed by atoms with Gasteiger partial charge in [-0.3, -0.25) is 4.79 Å². The Labute approximate surface area is 81.0 Å². The van der Waals surface area contributed by atoms with Crippen molar-refractivity contribution in [3.8, 4) is 5.69 Å². The maximum absolute atomic E-state index is 10.8. The number of nitrogens with zero attached hydrogens (tertiary/aromatic N) is 2. The van der Waals surface area contributed by atoms with Gasteiger partial charge in [0.2, 0.25) is 0 Å². The second-order valence-electron chi connectivity index (χ2n) is 2.84. The zero-order valence-corrected chi connectivity index (χ0v) is 7.42. The van der Waals surface area contributed by atoms with Crippen LogP contribution < -0.4 is 5.73 Å². The minimum Gasteiger partial charge on any atom is -0.384 e. The van der Waals surface area contributed by atoms with Crippen molar-refractivity contribution in [1.29, 1.82) is 0 Å². The Morgan fingerprint density at radius 2 is 2.07 bits per heavy atom. The van der Waals surface area contributed by atoms with Gasteiger partial charge in [0.15, 0.2) is 6.29 Å². The molecule has 0 bridgehead atoms. The highest BCUT2D eigenvalue weighted by molar-refractivity contribution is 5.81. The fraction of sp³-hybridized carbons (Fsp3) is 0. The molecule has 0 amide bonds. The maximum Gasteiger partial charge on any atom is 0.152 e. The van der Waals surface area contributed by atoms with E-state index in [2.05, 4.69) is 5.10 Å². The molecule has 14 heavy (non-hydrogen) atoms. The third-order valence-corrected chi connectivity index (χ3v) is 1.96. The summed E-state index contributed by atoms with van der Waals surface area (Å²) in [7, 11) is 0. The molecule has 1 aromatic heterocycles. The van der Waals surface area contributed by atoms with Gasteiger partial charge in [0.25, 0.3) is 0 Å². The molecule has 2 aromatic rings. The van der Waals surface area contributed by atoms with Gasteiger partial charge < -0.3 is 5.73 Å². The average molecular weight is 187 g/mol. The Balaban J connectivity index is 2.62. The molecule has 0 saturated heterocycles. The zero-order valence-electron chi connectivity index (χ0n) is 7.42. The van der Waals surface area contributed by atoms with E-state index in [1.54, 1.807) is 30.5 Å². The summed E-state index contributed by atoms with van der Waals surface area (Å²) in [6.45, 7) is 0. The number of benzene rings is 1. The van der Waals surface area contributed by atoms with Crippen LogP contribution in [0.25, 0.3) is 5.69 Å². The molecular weight excluding hydrogens is 178 g/mol. The van der Waals surface area contributed by atoms with Crippen molar-refractivity contribution in [2.45, 2.75) is 0 Å². The van der Waals surface area contributed by atoms with Gasteiger partial charge in [-0.25, -0.2) is 4.68 Å². The quantitative estimate of drug-likeness (QED) is 0.720. The first-order valence-electron chi connectivity index (χ1n) is 4.17. The summed E-state index contributed by atoms with van der Waals surface area (Å²) in [5.74, 6) is 0.513. The number of carbonyl (C=O) groups excluding carboxylic acids is 1. The summed E-state index contributed by atoms with van der Waals surface area (Å²) in [6.07, 6.45) is 2.38. The Morgan fingerprint density at radius 1 is 1.29 bits per heavy atom. The number of nitrogen functional groups attached to an aromatic ring is 1. The Morgan fingerprint density at radius 3 is 2.71 bits per heavy atom. The highest BCUT2D eigenvalue weighted by atomic mass is 16.1. The van der Waals surface area contributed by atoms with Crippen LogP contribution in [-0.2, 0) is 0 Å². The molecule has 0 aliphatic carbocycles. The summed E-state index contributed by atoms with van der Waals surface area (Å²) in [6, 6.07) is 8.84. The van der Waals surface area contributed by atoms with E-state index in [1.807, 2.05) is 6.07 Å². The van der Waals surface area contributed by atoms with Crippen molar-refractivity contribution in [3.63, 3.8) is 0 Å². The third kappa shape index (κ3) is 1.26. The van der Waals surface area contributed by atoms with Gasteiger partial charge in [0.1, 0.15) is 5.82 Å². The van der Waals surface area contributed by atoms with E-state index < -0.39 is 0 Å². The normalized spacial score (nSPS) is 10.0. The summed E-state index contributed by atoms with van der Waals surface area (Å²) >= 11 is 0. The lowest BCUT2D eigenvalue weighted by atomic mass is 10.2. The van der Waals surface area contributed by atoms with Crippen LogP contribution in [0.1, 0.15) is 10.4 Å². The lowest BCUT2D eigenvalue weighted by molar-refractivity contribution is 0.112. The van der Waals surface area contributed by atoms with Gasteiger partial charge in [-0.05, 0) is 12.1 Å². The Hall–Kier alpha value is -2.10. The van der Waals surface area contributed by atoms with Crippen molar-refractivity contribution in [2.75, 3.05) is 5.73 Å². The number of carbonyl (C=O) groups is 1. The number of para-hydroxylation sites is 1.